The van der Waals surface area contributed by atoms with E-state index in [0.29, 0.717) is 16.6 Å². The number of amides is 4. The maximum atomic E-state index is 12.1. The summed E-state index contributed by atoms with van der Waals surface area (Å²) in [5.41, 5.74) is 0. The van der Waals surface area contributed by atoms with Gasteiger partial charge in [-0.1, -0.05) is 21.6 Å². The Morgan fingerprint density at radius 3 is 2.14 bits per heavy atom. The number of carbonyl (C=O) groups excluding carboxylic acids is 6. The Balaban J connectivity index is 1.29. The van der Waals surface area contributed by atoms with Gasteiger partial charge in [-0.05, 0) is 0 Å². The molecule has 14 nitrogen and oxygen atoms in total. The molecule has 16 heteroatoms. The molecular weight excluding hydrogens is 510 g/mol. The molecule has 3 heterocycles. The fourth-order valence-corrected chi connectivity index (χ4v) is 5.69. The van der Waals surface area contributed by atoms with Crippen molar-refractivity contribution >= 4 is 57.2 Å². The van der Waals surface area contributed by atoms with Gasteiger partial charge >= 0.3 is 23.8 Å². The van der Waals surface area contributed by atoms with Crippen LogP contribution in [-0.2, 0) is 38.3 Å². The van der Waals surface area contributed by atoms with Crippen LogP contribution in [-0.4, -0.2) is 109 Å². The first-order chi connectivity index (χ1) is 16.6. The van der Waals surface area contributed by atoms with Gasteiger partial charge in [0.25, 0.3) is 11.8 Å². The third kappa shape index (κ3) is 6.43. The molecule has 3 saturated heterocycles. The quantitative estimate of drug-likeness (QED) is 0.0708. The summed E-state index contributed by atoms with van der Waals surface area (Å²) in [5.74, 6) is -3.57. The summed E-state index contributed by atoms with van der Waals surface area (Å²) in [5, 5.41) is 33.0. The predicted octanol–water partition coefficient (Wildman–Crippen LogP) is -2.56. The minimum atomic E-state index is -1.59. The Labute approximate surface area is 207 Å². The fraction of sp³-hybridized carbons (Fsp3) is 0.684. The first-order valence-corrected chi connectivity index (χ1v) is 13.2. The molecule has 194 valence electrons. The minimum absolute atomic E-state index is 0.0207. The van der Waals surface area contributed by atoms with Crippen molar-refractivity contribution in [2.75, 3.05) is 18.1 Å². The Bertz CT molecular complexity index is 872. The first kappa shape index (κ1) is 27.2. The van der Waals surface area contributed by atoms with Gasteiger partial charge in [-0.25, -0.2) is 4.79 Å². The maximum absolute atomic E-state index is 12.1. The van der Waals surface area contributed by atoms with Crippen LogP contribution in [0.15, 0.2) is 0 Å². The van der Waals surface area contributed by atoms with Crippen molar-refractivity contribution in [1.82, 2.24) is 15.3 Å². The number of esters is 1. The van der Waals surface area contributed by atoms with E-state index < -0.39 is 66.1 Å². The van der Waals surface area contributed by atoms with Crippen molar-refractivity contribution in [3.63, 3.8) is 0 Å². The highest BCUT2D eigenvalue weighted by Gasteiger charge is 2.55. The smallest absolute Gasteiger partial charge is 0.334 e. The highest BCUT2D eigenvalue weighted by atomic mass is 33.1. The van der Waals surface area contributed by atoms with Crippen LogP contribution in [0.2, 0.25) is 0 Å². The SMILES string of the molecule is O=C(CCSSCCC(=O)ON1C(=O)CCC1=O)OCC[C@@H]1[C@@H](O)[C@H](O)[C@H](O)[C@H]2NC(=O)C(=O)N12. The van der Waals surface area contributed by atoms with E-state index in [0.717, 1.165) is 4.90 Å². The van der Waals surface area contributed by atoms with Crippen molar-refractivity contribution < 1.29 is 53.7 Å². The number of imide groups is 1. The lowest BCUT2D eigenvalue weighted by molar-refractivity contribution is -0.197. The van der Waals surface area contributed by atoms with Crippen molar-refractivity contribution in [3.8, 4) is 0 Å². The lowest BCUT2D eigenvalue weighted by atomic mass is 9.90. The first-order valence-electron chi connectivity index (χ1n) is 10.8. The molecule has 0 saturated carbocycles. The van der Waals surface area contributed by atoms with Gasteiger partial charge in [-0.2, -0.15) is 0 Å². The third-order valence-electron chi connectivity index (χ3n) is 5.52. The summed E-state index contributed by atoms with van der Waals surface area (Å²) >= 11 is 0. The highest BCUT2D eigenvalue weighted by Crippen LogP contribution is 2.29. The van der Waals surface area contributed by atoms with E-state index in [1.165, 1.54) is 21.6 Å². The molecule has 0 spiro atoms. The number of fused-ring (bicyclic) bond motifs is 1. The number of hydrogen-bond donors (Lipinski definition) is 4. The minimum Gasteiger partial charge on any atom is -0.466 e. The van der Waals surface area contributed by atoms with E-state index >= 15 is 0 Å². The van der Waals surface area contributed by atoms with Crippen molar-refractivity contribution in [1.29, 1.82) is 0 Å². The molecule has 3 rings (SSSR count). The van der Waals surface area contributed by atoms with Crippen LogP contribution in [0.3, 0.4) is 0 Å². The van der Waals surface area contributed by atoms with Crippen LogP contribution in [0.25, 0.3) is 0 Å². The Morgan fingerprint density at radius 1 is 0.914 bits per heavy atom. The van der Waals surface area contributed by atoms with Gasteiger partial charge in [0.1, 0.15) is 24.5 Å². The summed E-state index contributed by atoms with van der Waals surface area (Å²) in [4.78, 5) is 75.8. The number of rotatable bonds is 11. The average Bonchev–Trinajstić information content (AvgIpc) is 3.29. The van der Waals surface area contributed by atoms with Gasteiger partial charge in [0, 0.05) is 30.8 Å². The number of aliphatic hydroxyl groups excluding tert-OH is 3. The zero-order valence-corrected chi connectivity index (χ0v) is 20.0. The van der Waals surface area contributed by atoms with Gasteiger partial charge in [-0.3, -0.25) is 24.0 Å². The van der Waals surface area contributed by atoms with E-state index in [1.54, 1.807) is 0 Å². The number of piperidine rings is 1. The largest absolute Gasteiger partial charge is 0.466 e. The maximum Gasteiger partial charge on any atom is 0.334 e. The fourth-order valence-electron chi connectivity index (χ4n) is 3.75. The van der Waals surface area contributed by atoms with Gasteiger partial charge in [0.2, 0.25) is 0 Å². The molecule has 3 aliphatic heterocycles. The van der Waals surface area contributed by atoms with Gasteiger partial charge in [0.15, 0.2) is 0 Å². The number of nitrogens with zero attached hydrogens (tertiary/aromatic N) is 2. The molecule has 5 atom stereocenters. The number of ether oxygens (including phenoxy) is 1. The summed E-state index contributed by atoms with van der Waals surface area (Å²) in [6.07, 6.45) is -5.85. The monoisotopic (exact) mass is 535 g/mol. The molecule has 35 heavy (non-hydrogen) atoms. The van der Waals surface area contributed by atoms with Crippen LogP contribution < -0.4 is 5.32 Å². The van der Waals surface area contributed by atoms with E-state index in [9.17, 15) is 44.1 Å². The van der Waals surface area contributed by atoms with Crippen molar-refractivity contribution in [2.24, 2.45) is 0 Å². The number of aliphatic hydroxyl groups is 3. The lowest BCUT2D eigenvalue weighted by Crippen LogP contribution is -2.67. The van der Waals surface area contributed by atoms with Crippen molar-refractivity contribution in [3.05, 3.63) is 0 Å². The van der Waals surface area contributed by atoms with E-state index in [4.69, 9.17) is 9.57 Å². The van der Waals surface area contributed by atoms with Gasteiger partial charge < -0.3 is 35.1 Å². The molecule has 0 aliphatic carbocycles. The lowest BCUT2D eigenvalue weighted by Gasteiger charge is -2.45. The summed E-state index contributed by atoms with van der Waals surface area (Å²) in [6.45, 7) is -0.189. The molecule has 3 fully saturated rings. The van der Waals surface area contributed by atoms with Crippen LogP contribution in [0.5, 0.6) is 0 Å². The number of hydroxylamine groups is 2. The number of hydrogen-bond acceptors (Lipinski definition) is 13. The molecule has 4 N–H and O–H groups in total. The van der Waals surface area contributed by atoms with E-state index in [-0.39, 0.29) is 38.7 Å². The second-order valence-electron chi connectivity index (χ2n) is 7.87. The molecule has 0 aromatic carbocycles. The van der Waals surface area contributed by atoms with Crippen LogP contribution in [0, 0.1) is 0 Å². The molecule has 0 aromatic rings. The molecule has 3 aliphatic rings. The molecule has 0 radical (unpaired) electrons. The predicted molar refractivity (Wildman–Crippen MR) is 117 cm³/mol. The van der Waals surface area contributed by atoms with Gasteiger partial charge in [-0.15, -0.1) is 5.06 Å². The zero-order valence-electron chi connectivity index (χ0n) is 18.4. The highest BCUT2D eigenvalue weighted by molar-refractivity contribution is 8.76. The Morgan fingerprint density at radius 2 is 1.51 bits per heavy atom. The van der Waals surface area contributed by atoms with E-state index in [1.807, 2.05) is 0 Å². The van der Waals surface area contributed by atoms with E-state index in [2.05, 4.69) is 5.32 Å². The zero-order chi connectivity index (χ0) is 25.7. The Kier molecular flexibility index (Phi) is 9.34. The normalized spacial score (nSPS) is 28.3. The number of nitrogens with one attached hydrogen (secondary N) is 1. The van der Waals surface area contributed by atoms with Crippen LogP contribution >= 0.6 is 21.6 Å². The van der Waals surface area contributed by atoms with Gasteiger partial charge in [0.05, 0.1) is 25.5 Å². The Hall–Kier alpha value is -2.40. The standard InChI is InChI=1S/C19H25N3O11S2/c23-10-1-2-11(24)22(10)33-13(26)5-8-35-34-7-4-12(25)32-6-3-9-14(27)15(28)16(29)17-20-18(30)19(31)21(9)17/h9,14-17,27-29H,1-8H2,(H,20,30)/t9-,14-,15+,16+,17+/m1/s1. The molecule has 4 amide bonds. The second kappa shape index (κ2) is 12.0. The number of carbonyl (C=O) groups is 6. The molecular formula is C19H25N3O11S2. The third-order valence-corrected chi connectivity index (χ3v) is 7.93. The molecule has 0 unspecified atom stereocenters. The summed E-state index contributed by atoms with van der Waals surface area (Å²) < 4.78 is 5.10. The summed E-state index contributed by atoms with van der Waals surface area (Å²) in [6, 6.07) is -1.03. The summed E-state index contributed by atoms with van der Waals surface area (Å²) in [7, 11) is 2.60. The van der Waals surface area contributed by atoms with Crippen LogP contribution in [0.1, 0.15) is 32.1 Å². The second-order valence-corrected chi connectivity index (χ2v) is 10.6. The molecule has 0 bridgehead atoms. The molecule has 0 aromatic heterocycles. The van der Waals surface area contributed by atoms with Crippen molar-refractivity contribution in [2.45, 2.75) is 62.6 Å². The average molecular weight is 536 g/mol. The topological polar surface area (TPSA) is 200 Å². The van der Waals surface area contributed by atoms with Crippen LogP contribution in [0.4, 0.5) is 0 Å².